The van der Waals surface area contributed by atoms with E-state index >= 15 is 0 Å². The van der Waals surface area contributed by atoms with Crippen molar-refractivity contribution in [3.63, 3.8) is 0 Å². The Kier molecular flexibility index (Phi) is 12.5. The maximum absolute atomic E-state index is 12.8. The van der Waals surface area contributed by atoms with E-state index in [-0.39, 0.29) is 16.5 Å². The van der Waals surface area contributed by atoms with E-state index in [0.29, 0.717) is 101 Å². The average molecular weight is 649 g/mol. The smallest absolute Gasteiger partial charge is 0.269 e. The van der Waals surface area contributed by atoms with Gasteiger partial charge in [-0.2, -0.15) is 15.0 Å². The molecule has 2 aliphatic rings. The lowest BCUT2D eigenvalue weighted by atomic mass is 9.96. The largest absolute Gasteiger partial charge is 0.378 e. The number of aromatic nitrogens is 3. The van der Waals surface area contributed by atoms with Crippen LogP contribution in [0.1, 0.15) is 42.5 Å². The number of carbonyl (C=O) groups is 1. The van der Waals surface area contributed by atoms with Gasteiger partial charge in [-0.3, -0.25) is 14.9 Å². The molecule has 15 nitrogen and oxygen atoms in total. The summed E-state index contributed by atoms with van der Waals surface area (Å²) in [4.78, 5) is 42.1. The van der Waals surface area contributed by atoms with E-state index in [1.807, 2.05) is 12.1 Å². The number of piperazine rings is 1. The first-order valence-corrected chi connectivity index (χ1v) is 16.3. The zero-order valence-corrected chi connectivity index (χ0v) is 26.6. The van der Waals surface area contributed by atoms with Crippen LogP contribution in [-0.4, -0.2) is 97.5 Å². The number of nitrogens with two attached hydrogens (primary N) is 1. The van der Waals surface area contributed by atoms with Crippen molar-refractivity contribution in [3.05, 3.63) is 64.2 Å². The van der Waals surface area contributed by atoms with Crippen LogP contribution >= 0.6 is 0 Å². The maximum atomic E-state index is 12.8. The molecule has 0 spiro atoms. The van der Waals surface area contributed by atoms with E-state index in [1.54, 1.807) is 24.3 Å². The van der Waals surface area contributed by atoms with E-state index < -0.39 is 0 Å². The van der Waals surface area contributed by atoms with Crippen molar-refractivity contribution in [1.29, 1.82) is 0 Å². The molecule has 0 unspecified atom stereocenters. The Hall–Kier alpha value is -4.60. The van der Waals surface area contributed by atoms with Crippen molar-refractivity contribution >= 4 is 40.8 Å². The number of nitrogens with zero attached hydrogens (tertiary/aromatic N) is 6. The molecule has 2 heterocycles. The molecule has 1 aliphatic carbocycles. The van der Waals surface area contributed by atoms with Gasteiger partial charge in [0.05, 0.1) is 31.4 Å². The number of rotatable bonds is 16. The minimum absolute atomic E-state index is 0.0765. The van der Waals surface area contributed by atoms with Crippen molar-refractivity contribution in [3.8, 4) is 0 Å². The normalized spacial score (nSPS) is 15.3. The van der Waals surface area contributed by atoms with E-state index in [9.17, 15) is 14.9 Å². The summed E-state index contributed by atoms with van der Waals surface area (Å²) in [6.07, 6.45) is 5.74. The summed E-state index contributed by atoms with van der Waals surface area (Å²) in [5.41, 5.74) is 7.59. The number of amides is 1. The molecule has 5 N–H and O–H groups in total. The molecule has 0 radical (unpaired) electrons. The Balaban J connectivity index is 1.22. The molecule has 0 atom stereocenters. The van der Waals surface area contributed by atoms with Crippen LogP contribution in [0, 0.1) is 10.1 Å². The van der Waals surface area contributed by atoms with Crippen LogP contribution in [0.5, 0.6) is 0 Å². The van der Waals surface area contributed by atoms with Gasteiger partial charge in [0.15, 0.2) is 0 Å². The van der Waals surface area contributed by atoms with Gasteiger partial charge >= 0.3 is 0 Å². The molecule has 1 aromatic heterocycles. The van der Waals surface area contributed by atoms with Gasteiger partial charge in [-0.15, -0.1) is 0 Å². The summed E-state index contributed by atoms with van der Waals surface area (Å²) in [6.45, 7) is 5.39. The van der Waals surface area contributed by atoms with Crippen LogP contribution in [0.4, 0.5) is 34.9 Å². The highest BCUT2D eigenvalue weighted by Gasteiger charge is 2.23. The topological polar surface area (TPSA) is 186 Å². The second-order valence-electron chi connectivity index (χ2n) is 11.5. The molecule has 1 saturated carbocycles. The Morgan fingerprint density at radius 1 is 0.894 bits per heavy atom. The number of nitro groups is 1. The summed E-state index contributed by atoms with van der Waals surface area (Å²) >= 11 is 0. The van der Waals surface area contributed by atoms with Gasteiger partial charge in [-0.1, -0.05) is 25.3 Å². The van der Waals surface area contributed by atoms with Crippen molar-refractivity contribution in [2.24, 2.45) is 5.73 Å². The predicted octanol–water partition coefficient (Wildman–Crippen LogP) is 3.32. The first-order chi connectivity index (χ1) is 23.0. The maximum Gasteiger partial charge on any atom is 0.269 e. The fourth-order valence-corrected chi connectivity index (χ4v) is 5.62. The molecule has 1 saturated heterocycles. The van der Waals surface area contributed by atoms with E-state index in [0.717, 1.165) is 18.5 Å². The number of non-ortho nitro benzene ring substituents is 1. The van der Waals surface area contributed by atoms with Crippen LogP contribution < -0.4 is 31.5 Å². The van der Waals surface area contributed by atoms with Gasteiger partial charge < -0.3 is 41.0 Å². The number of anilines is 5. The summed E-state index contributed by atoms with van der Waals surface area (Å²) in [6, 6.07) is 14.1. The average Bonchev–Trinajstić information content (AvgIpc) is 3.10. The molecule has 47 heavy (non-hydrogen) atoms. The molecule has 252 valence electrons. The number of nitro benzene ring substituents is 1. The molecule has 15 heteroatoms. The molecule has 1 amide bonds. The molecule has 1 aliphatic heterocycles. The lowest BCUT2D eigenvalue weighted by molar-refractivity contribution is -0.384. The van der Waals surface area contributed by atoms with Crippen LogP contribution in [0.3, 0.4) is 0 Å². The monoisotopic (exact) mass is 648 g/mol. The van der Waals surface area contributed by atoms with Crippen LogP contribution in [0.2, 0.25) is 0 Å². The summed E-state index contributed by atoms with van der Waals surface area (Å²) in [5.74, 6) is 1.25. The highest BCUT2D eigenvalue weighted by Crippen LogP contribution is 2.25. The van der Waals surface area contributed by atoms with Crippen molar-refractivity contribution < 1.29 is 19.2 Å². The standard InChI is InChI=1S/C32H44N10O5/c33-13-19-46-21-22-47-20-14-34-29(43)24-5-4-8-26(23-24)36-31-37-30(35-25-6-2-1-3-7-25)38-32(39-31)41-17-15-40(16-18-41)27-9-11-28(12-10-27)42(44)45/h4-5,8-12,23,25H,1-3,6-7,13-22,33H2,(H,34,43)(H2,35,36,37,38,39). The highest BCUT2D eigenvalue weighted by atomic mass is 16.6. The fourth-order valence-electron chi connectivity index (χ4n) is 5.62. The van der Waals surface area contributed by atoms with Crippen molar-refractivity contribution in [2.45, 2.75) is 38.1 Å². The second-order valence-corrected chi connectivity index (χ2v) is 11.5. The predicted molar refractivity (Wildman–Crippen MR) is 181 cm³/mol. The first kappa shape index (κ1) is 33.8. The molecule has 2 aromatic carbocycles. The lowest BCUT2D eigenvalue weighted by Gasteiger charge is -2.36. The number of nitrogens with one attached hydrogen (secondary N) is 3. The summed E-state index contributed by atoms with van der Waals surface area (Å²) in [5, 5.41) is 20.7. The summed E-state index contributed by atoms with van der Waals surface area (Å²) in [7, 11) is 0. The third-order valence-electron chi connectivity index (χ3n) is 8.10. The number of ether oxygens (including phenoxy) is 2. The van der Waals surface area contributed by atoms with Crippen molar-refractivity contribution in [1.82, 2.24) is 20.3 Å². The van der Waals surface area contributed by atoms with Crippen LogP contribution in [-0.2, 0) is 9.47 Å². The van der Waals surface area contributed by atoms with Crippen molar-refractivity contribution in [2.75, 3.05) is 86.1 Å². The molecule has 5 rings (SSSR count). The van der Waals surface area contributed by atoms with Gasteiger partial charge in [-0.05, 0) is 43.2 Å². The van der Waals surface area contributed by atoms with Gasteiger partial charge in [0.25, 0.3) is 11.6 Å². The van der Waals surface area contributed by atoms with Gasteiger partial charge in [0.1, 0.15) is 0 Å². The zero-order valence-electron chi connectivity index (χ0n) is 26.6. The molecule has 0 bridgehead atoms. The number of hydrogen-bond donors (Lipinski definition) is 4. The lowest BCUT2D eigenvalue weighted by Crippen LogP contribution is -2.47. The van der Waals surface area contributed by atoms with Crippen LogP contribution in [0.25, 0.3) is 0 Å². The first-order valence-electron chi connectivity index (χ1n) is 16.3. The number of carbonyl (C=O) groups excluding carboxylic acids is 1. The van der Waals surface area contributed by atoms with E-state index in [4.69, 9.17) is 30.2 Å². The molecule has 3 aromatic rings. The summed E-state index contributed by atoms with van der Waals surface area (Å²) < 4.78 is 10.8. The van der Waals surface area contributed by atoms with E-state index in [1.165, 1.54) is 31.4 Å². The Morgan fingerprint density at radius 3 is 2.32 bits per heavy atom. The Bertz CT molecular complexity index is 1450. The zero-order chi connectivity index (χ0) is 32.8. The SMILES string of the molecule is NCCOCCOCCNC(=O)c1cccc(Nc2nc(NC3CCCCC3)nc(N3CCN(c4ccc([N+](=O)[O-])cc4)CC3)n2)c1. The quantitative estimate of drug-likeness (QED) is 0.101. The van der Waals surface area contributed by atoms with Gasteiger partial charge in [-0.25, -0.2) is 0 Å². The van der Waals surface area contributed by atoms with Gasteiger partial charge in [0, 0.05) is 74.4 Å². The Morgan fingerprint density at radius 2 is 1.60 bits per heavy atom. The highest BCUT2D eigenvalue weighted by molar-refractivity contribution is 5.95. The van der Waals surface area contributed by atoms with Crippen LogP contribution in [0.15, 0.2) is 48.5 Å². The molecular weight excluding hydrogens is 604 g/mol. The number of hydrogen-bond acceptors (Lipinski definition) is 13. The molecule has 2 fully saturated rings. The van der Waals surface area contributed by atoms with Gasteiger partial charge in [0.2, 0.25) is 17.8 Å². The minimum atomic E-state index is -0.390. The second kappa shape index (κ2) is 17.4. The molecular formula is C32H44N10O5. The Labute approximate surface area is 274 Å². The minimum Gasteiger partial charge on any atom is -0.378 e. The van der Waals surface area contributed by atoms with E-state index in [2.05, 4.69) is 25.8 Å². The number of benzene rings is 2. The third-order valence-corrected chi connectivity index (χ3v) is 8.10. The third kappa shape index (κ3) is 10.2. The fraction of sp³-hybridized carbons (Fsp3) is 0.500.